The second kappa shape index (κ2) is 6.31. The number of amides is 1. The fourth-order valence-electron chi connectivity index (χ4n) is 2.57. The first-order valence-corrected chi connectivity index (χ1v) is 6.66. The molecule has 2 rings (SSSR count). The zero-order chi connectivity index (χ0) is 15.4. The molecule has 0 bridgehead atoms. The van der Waals surface area contributed by atoms with Crippen molar-refractivity contribution in [3.05, 3.63) is 29.8 Å². The molecule has 1 fully saturated rings. The van der Waals surface area contributed by atoms with Gasteiger partial charge in [-0.2, -0.15) is 0 Å². The highest BCUT2D eigenvalue weighted by Crippen LogP contribution is 2.32. The number of nitrogens with zero attached hydrogens (tertiary/aromatic N) is 1. The molecule has 2 atom stereocenters. The average Bonchev–Trinajstić information content (AvgIpc) is 2.85. The maximum atomic E-state index is 12.1. The molecule has 1 aromatic rings. The van der Waals surface area contributed by atoms with E-state index in [0.29, 0.717) is 12.3 Å². The molecule has 0 spiro atoms. The highest BCUT2D eigenvalue weighted by molar-refractivity contribution is 5.80. The number of ether oxygens (including phenoxy) is 1. The standard InChI is InChI=1S/C16H17NO4/c1-3-11-7-15(18)17(10-11)14(9-16(19)20)12-5-4-6-13(8-12)21-2/h1,4-6,8,11,14H,7,9-10H2,2H3,(H,19,20). The maximum absolute atomic E-state index is 12.1. The molecule has 1 aromatic carbocycles. The Balaban J connectivity index is 2.32. The molecular formula is C16H17NO4. The van der Waals surface area contributed by atoms with Crippen molar-refractivity contribution < 1.29 is 19.4 Å². The van der Waals surface area contributed by atoms with Gasteiger partial charge in [-0.1, -0.05) is 12.1 Å². The first kappa shape index (κ1) is 14.9. The monoisotopic (exact) mass is 287 g/mol. The Hall–Kier alpha value is -2.48. The molecule has 2 unspecified atom stereocenters. The van der Waals surface area contributed by atoms with Gasteiger partial charge in [0.2, 0.25) is 5.91 Å². The largest absolute Gasteiger partial charge is 0.497 e. The minimum absolute atomic E-state index is 0.105. The average molecular weight is 287 g/mol. The Bertz CT molecular complexity index is 590. The van der Waals surface area contributed by atoms with Gasteiger partial charge in [-0.15, -0.1) is 12.3 Å². The lowest BCUT2D eigenvalue weighted by Gasteiger charge is -2.27. The van der Waals surface area contributed by atoms with Gasteiger partial charge in [0, 0.05) is 18.9 Å². The van der Waals surface area contributed by atoms with Crippen LogP contribution >= 0.6 is 0 Å². The van der Waals surface area contributed by atoms with E-state index in [-0.39, 0.29) is 24.7 Å². The van der Waals surface area contributed by atoms with Gasteiger partial charge in [-0.25, -0.2) is 0 Å². The van der Waals surface area contributed by atoms with Gasteiger partial charge in [0.05, 0.1) is 19.6 Å². The number of carbonyl (C=O) groups excluding carboxylic acids is 1. The molecule has 0 radical (unpaired) electrons. The van der Waals surface area contributed by atoms with Crippen LogP contribution < -0.4 is 4.74 Å². The summed E-state index contributed by atoms with van der Waals surface area (Å²) in [4.78, 5) is 24.8. The topological polar surface area (TPSA) is 66.8 Å². The van der Waals surface area contributed by atoms with Crippen LogP contribution in [0.5, 0.6) is 5.75 Å². The number of carboxylic acids is 1. The van der Waals surface area contributed by atoms with Gasteiger partial charge < -0.3 is 14.7 Å². The van der Waals surface area contributed by atoms with Crippen molar-refractivity contribution >= 4 is 11.9 Å². The molecule has 1 heterocycles. The lowest BCUT2D eigenvalue weighted by molar-refractivity contribution is -0.139. The third-order valence-corrected chi connectivity index (χ3v) is 3.62. The zero-order valence-electron chi connectivity index (χ0n) is 11.8. The van der Waals surface area contributed by atoms with Crippen LogP contribution in [-0.4, -0.2) is 35.5 Å². The van der Waals surface area contributed by atoms with Crippen LogP contribution in [0.4, 0.5) is 0 Å². The van der Waals surface area contributed by atoms with Gasteiger partial charge >= 0.3 is 5.97 Å². The summed E-state index contributed by atoms with van der Waals surface area (Å²) in [5.74, 6) is 1.98. The van der Waals surface area contributed by atoms with E-state index in [2.05, 4.69) is 5.92 Å². The SMILES string of the molecule is C#CC1CC(=O)N(C(CC(=O)O)c2cccc(OC)c2)C1. The van der Waals surface area contributed by atoms with Crippen LogP contribution in [0.25, 0.3) is 0 Å². The molecule has 0 saturated carbocycles. The summed E-state index contributed by atoms with van der Waals surface area (Å²) in [5.41, 5.74) is 0.739. The molecule has 1 aliphatic rings. The second-order valence-electron chi connectivity index (χ2n) is 5.00. The molecular weight excluding hydrogens is 270 g/mol. The lowest BCUT2D eigenvalue weighted by atomic mass is 10.0. The minimum Gasteiger partial charge on any atom is -0.497 e. The maximum Gasteiger partial charge on any atom is 0.305 e. The summed E-state index contributed by atoms with van der Waals surface area (Å²) in [7, 11) is 1.54. The molecule has 1 N–H and O–H groups in total. The third-order valence-electron chi connectivity index (χ3n) is 3.62. The van der Waals surface area contributed by atoms with Gasteiger partial charge in [0.25, 0.3) is 0 Å². The van der Waals surface area contributed by atoms with Crippen molar-refractivity contribution in [2.24, 2.45) is 5.92 Å². The molecule has 0 aliphatic carbocycles. The molecule has 1 saturated heterocycles. The van der Waals surface area contributed by atoms with Crippen LogP contribution in [0.2, 0.25) is 0 Å². The first-order valence-electron chi connectivity index (χ1n) is 6.66. The number of benzene rings is 1. The molecule has 5 nitrogen and oxygen atoms in total. The van der Waals surface area contributed by atoms with E-state index in [1.54, 1.807) is 36.3 Å². The number of methoxy groups -OCH3 is 1. The number of carboxylic acid groups (broad SMARTS) is 1. The van der Waals surface area contributed by atoms with Crippen LogP contribution in [0.15, 0.2) is 24.3 Å². The van der Waals surface area contributed by atoms with Crippen LogP contribution in [0, 0.1) is 18.3 Å². The normalized spacial score (nSPS) is 19.1. The van der Waals surface area contributed by atoms with Crippen molar-refractivity contribution in [2.75, 3.05) is 13.7 Å². The predicted octanol–water partition coefficient (Wildman–Crippen LogP) is 1.69. The van der Waals surface area contributed by atoms with Crippen LogP contribution in [0.1, 0.15) is 24.4 Å². The molecule has 0 aromatic heterocycles. The van der Waals surface area contributed by atoms with E-state index in [1.807, 2.05) is 0 Å². The number of rotatable bonds is 5. The third kappa shape index (κ3) is 3.34. The predicted molar refractivity (Wildman–Crippen MR) is 76.6 cm³/mol. The summed E-state index contributed by atoms with van der Waals surface area (Å²) in [6.07, 6.45) is 5.50. The van der Waals surface area contributed by atoms with Crippen molar-refractivity contribution in [1.29, 1.82) is 0 Å². The number of terminal acetylenes is 1. The second-order valence-corrected chi connectivity index (χ2v) is 5.00. The molecule has 21 heavy (non-hydrogen) atoms. The van der Waals surface area contributed by atoms with Gasteiger partial charge in [-0.05, 0) is 17.7 Å². The summed E-state index contributed by atoms with van der Waals surface area (Å²) >= 11 is 0. The van der Waals surface area contributed by atoms with Gasteiger partial charge in [0.15, 0.2) is 0 Å². The molecule has 1 amide bonds. The highest BCUT2D eigenvalue weighted by Gasteiger charge is 2.35. The Labute approximate surface area is 123 Å². The van der Waals surface area contributed by atoms with Crippen molar-refractivity contribution in [3.63, 3.8) is 0 Å². The molecule has 5 heteroatoms. The quantitative estimate of drug-likeness (QED) is 0.837. The van der Waals surface area contributed by atoms with E-state index >= 15 is 0 Å². The fourth-order valence-corrected chi connectivity index (χ4v) is 2.57. The summed E-state index contributed by atoms with van der Waals surface area (Å²) in [6.45, 7) is 0.393. The van der Waals surface area contributed by atoms with E-state index in [1.165, 1.54) is 0 Å². The number of likely N-dealkylation sites (tertiary alicyclic amines) is 1. The van der Waals surface area contributed by atoms with Gasteiger partial charge in [0.1, 0.15) is 5.75 Å². The molecule has 1 aliphatic heterocycles. The number of hydrogen-bond acceptors (Lipinski definition) is 3. The van der Waals surface area contributed by atoms with E-state index in [9.17, 15) is 9.59 Å². The molecule has 110 valence electrons. The number of carbonyl (C=O) groups is 2. The van der Waals surface area contributed by atoms with Crippen molar-refractivity contribution in [1.82, 2.24) is 4.90 Å². The summed E-state index contributed by atoms with van der Waals surface area (Å²) in [5, 5.41) is 9.13. The minimum atomic E-state index is -0.959. The van der Waals surface area contributed by atoms with E-state index in [0.717, 1.165) is 5.56 Å². The Morgan fingerprint density at radius 1 is 1.62 bits per heavy atom. The number of hydrogen-bond donors (Lipinski definition) is 1. The number of aliphatic carboxylic acids is 1. The highest BCUT2D eigenvalue weighted by atomic mass is 16.5. The Morgan fingerprint density at radius 2 is 2.38 bits per heavy atom. The fraction of sp³-hybridized carbons (Fsp3) is 0.375. The first-order chi connectivity index (χ1) is 10.0. The van der Waals surface area contributed by atoms with Crippen molar-refractivity contribution in [3.8, 4) is 18.1 Å². The Morgan fingerprint density at radius 3 is 2.95 bits per heavy atom. The van der Waals surface area contributed by atoms with Gasteiger partial charge in [-0.3, -0.25) is 9.59 Å². The lowest BCUT2D eigenvalue weighted by Crippen LogP contribution is -2.32. The van der Waals surface area contributed by atoms with Crippen molar-refractivity contribution in [2.45, 2.75) is 18.9 Å². The van der Waals surface area contributed by atoms with E-state index in [4.69, 9.17) is 16.3 Å². The Kier molecular flexibility index (Phi) is 4.49. The summed E-state index contributed by atoms with van der Waals surface area (Å²) in [6, 6.07) is 6.58. The smallest absolute Gasteiger partial charge is 0.305 e. The zero-order valence-corrected chi connectivity index (χ0v) is 11.8. The summed E-state index contributed by atoms with van der Waals surface area (Å²) < 4.78 is 5.16. The van der Waals surface area contributed by atoms with E-state index < -0.39 is 12.0 Å². The van der Waals surface area contributed by atoms with Crippen LogP contribution in [0.3, 0.4) is 0 Å². The van der Waals surface area contributed by atoms with Crippen LogP contribution in [-0.2, 0) is 9.59 Å².